The van der Waals surface area contributed by atoms with Gasteiger partial charge in [0, 0.05) is 14.9 Å². The van der Waals surface area contributed by atoms with Crippen molar-refractivity contribution in [2.45, 2.75) is 38.6 Å². The molecule has 1 aromatic heterocycles. The van der Waals surface area contributed by atoms with E-state index < -0.39 is 0 Å². The standard InChI is InChI=1S/C16H18Cl2N2S/c1-2-8-19-15(11-9-10(17)6-7-12(11)18)16-20-13-4-3-5-14(13)21-16/h6-7,9,15,19H,2-5,8H2,1H3. The number of nitrogens with one attached hydrogen (secondary N) is 1. The van der Waals surface area contributed by atoms with Gasteiger partial charge in [-0.05, 0) is 56.0 Å². The highest BCUT2D eigenvalue weighted by atomic mass is 35.5. The second kappa shape index (κ2) is 6.66. The maximum absolute atomic E-state index is 6.39. The summed E-state index contributed by atoms with van der Waals surface area (Å²) >= 11 is 14.4. The average Bonchev–Trinajstić information content (AvgIpc) is 3.04. The van der Waals surface area contributed by atoms with Crippen molar-refractivity contribution in [2.75, 3.05) is 6.54 Å². The summed E-state index contributed by atoms with van der Waals surface area (Å²) in [6, 6.07) is 5.67. The summed E-state index contributed by atoms with van der Waals surface area (Å²) in [6.07, 6.45) is 4.57. The van der Waals surface area contributed by atoms with Crippen molar-refractivity contribution in [3.05, 3.63) is 49.4 Å². The van der Waals surface area contributed by atoms with Gasteiger partial charge in [-0.25, -0.2) is 4.98 Å². The lowest BCUT2D eigenvalue weighted by Crippen LogP contribution is -2.23. The molecule has 1 aliphatic rings. The van der Waals surface area contributed by atoms with Crippen LogP contribution in [-0.4, -0.2) is 11.5 Å². The van der Waals surface area contributed by atoms with E-state index >= 15 is 0 Å². The Morgan fingerprint density at radius 1 is 1.33 bits per heavy atom. The second-order valence-corrected chi connectivity index (χ2v) is 7.29. The number of thiazole rings is 1. The third kappa shape index (κ3) is 3.26. The molecule has 0 aliphatic heterocycles. The van der Waals surface area contributed by atoms with Crippen molar-refractivity contribution in [1.29, 1.82) is 0 Å². The van der Waals surface area contributed by atoms with E-state index in [1.165, 1.54) is 17.0 Å². The van der Waals surface area contributed by atoms with Crippen molar-refractivity contribution in [2.24, 2.45) is 0 Å². The Balaban J connectivity index is 1.98. The number of benzene rings is 1. The van der Waals surface area contributed by atoms with Crippen LogP contribution >= 0.6 is 34.5 Å². The number of rotatable bonds is 5. The molecule has 21 heavy (non-hydrogen) atoms. The van der Waals surface area contributed by atoms with Crippen LogP contribution in [0.5, 0.6) is 0 Å². The number of hydrogen-bond acceptors (Lipinski definition) is 3. The van der Waals surface area contributed by atoms with E-state index in [1.807, 2.05) is 29.5 Å². The summed E-state index contributed by atoms with van der Waals surface area (Å²) in [5.74, 6) is 0. The molecule has 1 atom stereocenters. The molecule has 0 spiro atoms. The van der Waals surface area contributed by atoms with Gasteiger partial charge in [-0.15, -0.1) is 11.3 Å². The van der Waals surface area contributed by atoms with E-state index in [0.717, 1.165) is 41.4 Å². The molecule has 0 radical (unpaired) electrons. The molecular weight excluding hydrogens is 323 g/mol. The van der Waals surface area contributed by atoms with Crippen LogP contribution in [0, 0.1) is 0 Å². The van der Waals surface area contributed by atoms with Crippen LogP contribution in [0.3, 0.4) is 0 Å². The van der Waals surface area contributed by atoms with Gasteiger partial charge in [0.2, 0.25) is 0 Å². The largest absolute Gasteiger partial charge is 0.304 e. The van der Waals surface area contributed by atoms with E-state index in [9.17, 15) is 0 Å². The van der Waals surface area contributed by atoms with Crippen molar-refractivity contribution in [3.8, 4) is 0 Å². The number of aromatic nitrogens is 1. The Morgan fingerprint density at radius 3 is 2.95 bits per heavy atom. The zero-order valence-electron chi connectivity index (χ0n) is 12.0. The summed E-state index contributed by atoms with van der Waals surface area (Å²) < 4.78 is 0. The van der Waals surface area contributed by atoms with Crippen LogP contribution in [-0.2, 0) is 12.8 Å². The van der Waals surface area contributed by atoms with Crippen molar-refractivity contribution in [1.82, 2.24) is 10.3 Å². The summed E-state index contributed by atoms with van der Waals surface area (Å²) in [4.78, 5) is 6.28. The molecule has 3 rings (SSSR count). The summed E-state index contributed by atoms with van der Waals surface area (Å²) in [5.41, 5.74) is 2.29. The zero-order valence-corrected chi connectivity index (χ0v) is 14.3. The molecular formula is C16H18Cl2N2S. The quantitative estimate of drug-likeness (QED) is 0.825. The molecule has 2 aromatic rings. The molecule has 0 bridgehead atoms. The molecule has 1 aromatic carbocycles. The van der Waals surface area contributed by atoms with Gasteiger partial charge < -0.3 is 5.32 Å². The van der Waals surface area contributed by atoms with Gasteiger partial charge in [0.15, 0.2) is 0 Å². The van der Waals surface area contributed by atoms with Crippen molar-refractivity contribution in [3.63, 3.8) is 0 Å². The molecule has 0 amide bonds. The van der Waals surface area contributed by atoms with Gasteiger partial charge in [0.05, 0.1) is 11.7 Å². The van der Waals surface area contributed by atoms with Crippen LogP contribution in [0.2, 0.25) is 10.0 Å². The number of hydrogen-bond donors (Lipinski definition) is 1. The molecule has 112 valence electrons. The highest BCUT2D eigenvalue weighted by Crippen LogP contribution is 2.36. The van der Waals surface area contributed by atoms with E-state index in [0.29, 0.717) is 5.02 Å². The molecule has 1 aliphatic carbocycles. The predicted molar refractivity (Wildman–Crippen MR) is 90.7 cm³/mol. The Morgan fingerprint density at radius 2 is 2.19 bits per heavy atom. The van der Waals surface area contributed by atoms with Crippen LogP contribution in [0.4, 0.5) is 0 Å². The minimum Gasteiger partial charge on any atom is -0.304 e. The Hall–Kier alpha value is -0.610. The van der Waals surface area contributed by atoms with Crippen LogP contribution < -0.4 is 5.32 Å². The third-order valence-electron chi connectivity index (χ3n) is 3.73. The fraction of sp³-hybridized carbons (Fsp3) is 0.438. The minimum atomic E-state index is 0.0340. The fourth-order valence-electron chi connectivity index (χ4n) is 2.69. The number of aryl methyl sites for hydroxylation is 2. The first-order valence-corrected chi connectivity index (χ1v) is 8.93. The third-order valence-corrected chi connectivity index (χ3v) is 5.53. The average molecular weight is 341 g/mol. The lowest BCUT2D eigenvalue weighted by molar-refractivity contribution is 0.594. The highest BCUT2D eigenvalue weighted by Gasteiger charge is 2.24. The van der Waals surface area contributed by atoms with Crippen molar-refractivity contribution < 1.29 is 0 Å². The monoisotopic (exact) mass is 340 g/mol. The van der Waals surface area contributed by atoms with Gasteiger partial charge in [0.1, 0.15) is 5.01 Å². The van der Waals surface area contributed by atoms with Gasteiger partial charge in [-0.2, -0.15) is 0 Å². The second-order valence-electron chi connectivity index (χ2n) is 5.33. The van der Waals surface area contributed by atoms with Gasteiger partial charge in [0.25, 0.3) is 0 Å². The topological polar surface area (TPSA) is 24.9 Å². The lowest BCUT2D eigenvalue weighted by atomic mass is 10.1. The zero-order chi connectivity index (χ0) is 14.8. The Labute approximate surface area is 139 Å². The van der Waals surface area contributed by atoms with E-state index in [2.05, 4.69) is 12.2 Å². The van der Waals surface area contributed by atoms with Gasteiger partial charge >= 0.3 is 0 Å². The molecule has 2 nitrogen and oxygen atoms in total. The molecule has 0 fully saturated rings. The number of fused-ring (bicyclic) bond motifs is 1. The van der Waals surface area contributed by atoms with Crippen LogP contribution in [0.1, 0.15) is 46.9 Å². The molecule has 0 saturated carbocycles. The first kappa shape index (κ1) is 15.3. The summed E-state index contributed by atoms with van der Waals surface area (Å²) in [6.45, 7) is 3.09. The molecule has 0 saturated heterocycles. The van der Waals surface area contributed by atoms with Crippen molar-refractivity contribution >= 4 is 34.5 Å². The number of nitrogens with zero attached hydrogens (tertiary/aromatic N) is 1. The van der Waals surface area contributed by atoms with E-state index in [1.54, 1.807) is 0 Å². The molecule has 1 N–H and O–H groups in total. The number of halogens is 2. The SMILES string of the molecule is CCCNC(c1nc2c(s1)CCC2)c1cc(Cl)ccc1Cl. The lowest BCUT2D eigenvalue weighted by Gasteiger charge is -2.18. The van der Waals surface area contributed by atoms with Gasteiger partial charge in [-0.1, -0.05) is 30.1 Å². The summed E-state index contributed by atoms with van der Waals surface area (Å²) in [7, 11) is 0. The van der Waals surface area contributed by atoms with Crippen LogP contribution in [0.15, 0.2) is 18.2 Å². The van der Waals surface area contributed by atoms with E-state index in [-0.39, 0.29) is 6.04 Å². The first-order valence-electron chi connectivity index (χ1n) is 7.36. The Kier molecular flexibility index (Phi) is 4.85. The first-order chi connectivity index (χ1) is 10.2. The smallest absolute Gasteiger partial charge is 0.115 e. The normalized spacial score (nSPS) is 15.2. The summed E-state index contributed by atoms with van der Waals surface area (Å²) in [5, 5.41) is 6.12. The van der Waals surface area contributed by atoms with Crippen LogP contribution in [0.25, 0.3) is 0 Å². The predicted octanol–water partition coefficient (Wildman–Crippen LogP) is 5.03. The minimum absolute atomic E-state index is 0.0340. The maximum Gasteiger partial charge on any atom is 0.115 e. The molecule has 5 heteroatoms. The highest BCUT2D eigenvalue weighted by molar-refractivity contribution is 7.11. The van der Waals surface area contributed by atoms with Gasteiger partial charge in [-0.3, -0.25) is 0 Å². The molecule has 1 heterocycles. The maximum atomic E-state index is 6.39. The fourth-order valence-corrected chi connectivity index (χ4v) is 4.34. The molecule has 1 unspecified atom stereocenters. The Bertz CT molecular complexity index is 618. The van der Waals surface area contributed by atoms with E-state index in [4.69, 9.17) is 28.2 Å².